The van der Waals surface area contributed by atoms with E-state index >= 15 is 0 Å². The van der Waals surface area contributed by atoms with Gasteiger partial charge in [0.1, 0.15) is 23.0 Å². The Morgan fingerprint density at radius 3 is 1.62 bits per heavy atom. The van der Waals surface area contributed by atoms with E-state index in [0.29, 0.717) is 0 Å². The maximum absolute atomic E-state index is 6.76. The molecule has 0 fully saturated rings. The molecule has 0 spiro atoms. The molecule has 0 amide bonds. The van der Waals surface area contributed by atoms with Crippen molar-refractivity contribution in [2.45, 2.75) is 0 Å². The van der Waals surface area contributed by atoms with Gasteiger partial charge in [-0.15, -0.1) is 0 Å². The molecule has 0 aromatic heterocycles. The van der Waals surface area contributed by atoms with Crippen molar-refractivity contribution < 1.29 is 9.47 Å². The van der Waals surface area contributed by atoms with Gasteiger partial charge in [-0.25, -0.2) is 0 Å². The molecule has 0 saturated heterocycles. The van der Waals surface area contributed by atoms with Crippen LogP contribution in [-0.2, 0) is 0 Å². The fourth-order valence-electron chi connectivity index (χ4n) is 5.97. The zero-order valence-corrected chi connectivity index (χ0v) is 21.7. The second kappa shape index (κ2) is 9.21. The highest BCUT2D eigenvalue weighted by molar-refractivity contribution is 6.98. The van der Waals surface area contributed by atoms with Crippen LogP contribution in [0.15, 0.2) is 146 Å². The van der Waals surface area contributed by atoms with E-state index in [1.807, 2.05) is 24.3 Å². The van der Waals surface area contributed by atoms with Crippen molar-refractivity contribution in [1.82, 2.24) is 0 Å². The first-order valence-electron chi connectivity index (χ1n) is 13.6. The lowest BCUT2D eigenvalue weighted by molar-refractivity contribution is 0.465. The minimum absolute atomic E-state index is 0.0273. The summed E-state index contributed by atoms with van der Waals surface area (Å²) in [5, 5.41) is 0. The van der Waals surface area contributed by atoms with Crippen molar-refractivity contribution in [3.63, 3.8) is 0 Å². The summed E-state index contributed by atoms with van der Waals surface area (Å²) in [6, 6.07) is 50.5. The van der Waals surface area contributed by atoms with Gasteiger partial charge in [0.2, 0.25) is 0 Å². The molecule has 0 radical (unpaired) electrons. The van der Waals surface area contributed by atoms with Crippen LogP contribution in [0.2, 0.25) is 0 Å². The third-order valence-electron chi connectivity index (χ3n) is 7.77. The van der Waals surface area contributed by atoms with Gasteiger partial charge in [0, 0.05) is 29.0 Å². The van der Waals surface area contributed by atoms with Crippen LogP contribution in [0.1, 0.15) is 0 Å². The molecule has 0 unspecified atom stereocenters. The molecule has 8 rings (SSSR count). The summed E-state index contributed by atoms with van der Waals surface area (Å²) in [5.74, 6) is 3.41. The van der Waals surface area contributed by atoms with Crippen molar-refractivity contribution >= 4 is 40.2 Å². The van der Waals surface area contributed by atoms with Gasteiger partial charge in [-0.2, -0.15) is 0 Å². The van der Waals surface area contributed by atoms with Crippen LogP contribution in [0.5, 0.6) is 23.0 Å². The van der Waals surface area contributed by atoms with E-state index in [4.69, 9.17) is 9.47 Å². The lowest BCUT2D eigenvalue weighted by Crippen LogP contribution is -2.57. The number of anilines is 3. The predicted octanol–water partition coefficient (Wildman–Crippen LogP) is 7.55. The van der Waals surface area contributed by atoms with Gasteiger partial charge in [-0.3, -0.25) is 0 Å². The zero-order valence-electron chi connectivity index (χ0n) is 21.7. The molecule has 2 aliphatic heterocycles. The number of hydrogen-bond acceptors (Lipinski definition) is 3. The number of para-hydroxylation sites is 3. The summed E-state index contributed by atoms with van der Waals surface area (Å²) in [6.07, 6.45) is 0. The van der Waals surface area contributed by atoms with Crippen LogP contribution in [-0.4, -0.2) is 6.71 Å². The first-order chi connectivity index (χ1) is 19.8. The number of nitrogens with zero attached hydrogens (tertiary/aromatic N) is 1. The number of hydrogen-bond donors (Lipinski definition) is 0. The molecule has 6 aromatic carbocycles. The van der Waals surface area contributed by atoms with Crippen molar-refractivity contribution in [2.24, 2.45) is 0 Å². The molecule has 188 valence electrons. The van der Waals surface area contributed by atoms with Gasteiger partial charge in [0.25, 0.3) is 6.71 Å². The molecule has 2 heterocycles. The highest BCUT2D eigenvalue weighted by atomic mass is 16.5. The summed E-state index contributed by atoms with van der Waals surface area (Å²) in [5.41, 5.74) is 8.79. The minimum atomic E-state index is 0.0273. The van der Waals surface area contributed by atoms with Crippen LogP contribution in [0, 0.1) is 0 Å². The lowest BCUT2D eigenvalue weighted by Gasteiger charge is -2.35. The van der Waals surface area contributed by atoms with Crippen LogP contribution in [0.4, 0.5) is 17.1 Å². The van der Waals surface area contributed by atoms with E-state index in [2.05, 4.69) is 126 Å². The Balaban J connectivity index is 1.34. The molecule has 0 bridgehead atoms. The Morgan fingerprint density at radius 1 is 0.400 bits per heavy atom. The van der Waals surface area contributed by atoms with Gasteiger partial charge in [-0.05, 0) is 58.5 Å². The Labute approximate surface area is 234 Å². The first-order valence-corrected chi connectivity index (χ1v) is 13.6. The molecule has 0 N–H and O–H groups in total. The van der Waals surface area contributed by atoms with E-state index in [9.17, 15) is 0 Å². The largest absolute Gasteiger partial charge is 0.458 e. The first kappa shape index (κ1) is 22.7. The van der Waals surface area contributed by atoms with Crippen LogP contribution >= 0.6 is 0 Å². The molecule has 0 saturated carbocycles. The van der Waals surface area contributed by atoms with Crippen molar-refractivity contribution in [1.29, 1.82) is 0 Å². The summed E-state index contributed by atoms with van der Waals surface area (Å²) in [7, 11) is 0. The molecule has 6 aromatic rings. The van der Waals surface area contributed by atoms with Crippen LogP contribution in [0.25, 0.3) is 11.1 Å². The fraction of sp³-hybridized carbons (Fsp3) is 0. The molecule has 3 nitrogen and oxygen atoms in total. The number of ether oxygens (including phenoxy) is 2. The maximum Gasteiger partial charge on any atom is 0.260 e. The molecule has 0 atom stereocenters. The van der Waals surface area contributed by atoms with Crippen molar-refractivity contribution in [3.8, 4) is 34.1 Å². The monoisotopic (exact) mass is 513 g/mol. The van der Waals surface area contributed by atoms with Gasteiger partial charge in [-0.1, -0.05) is 97.1 Å². The Kier molecular flexibility index (Phi) is 5.24. The molecular formula is C36H24BNO2. The average Bonchev–Trinajstić information content (AvgIpc) is 3.02. The molecule has 2 aliphatic rings. The standard InChI is InChI=1S/C36H24BNO2/c1-4-12-25(13-5-1)26-20-21-31-33(22-26)40-35-24-29(23-34-36(35)37(31)30-18-10-11-19-32(30)39-34)38(27-14-6-2-7-15-27)28-16-8-3-9-17-28/h1-24H. The Morgan fingerprint density at radius 2 is 0.950 bits per heavy atom. The maximum atomic E-state index is 6.76. The third-order valence-corrected chi connectivity index (χ3v) is 7.77. The Bertz CT molecular complexity index is 1820. The lowest BCUT2D eigenvalue weighted by atomic mass is 9.35. The zero-order chi connectivity index (χ0) is 26.5. The topological polar surface area (TPSA) is 21.7 Å². The van der Waals surface area contributed by atoms with Gasteiger partial charge in [0.15, 0.2) is 0 Å². The third kappa shape index (κ3) is 3.69. The smallest absolute Gasteiger partial charge is 0.260 e. The van der Waals surface area contributed by atoms with E-state index in [1.165, 1.54) is 5.56 Å². The average molecular weight is 513 g/mol. The van der Waals surface area contributed by atoms with Crippen molar-refractivity contribution in [2.75, 3.05) is 4.90 Å². The van der Waals surface area contributed by atoms with Gasteiger partial charge in [0.05, 0.1) is 5.69 Å². The normalized spacial score (nSPS) is 12.3. The summed E-state index contributed by atoms with van der Waals surface area (Å²) in [6.45, 7) is 0.0273. The molecule has 0 aliphatic carbocycles. The van der Waals surface area contributed by atoms with Crippen LogP contribution in [0.3, 0.4) is 0 Å². The van der Waals surface area contributed by atoms with E-state index in [-0.39, 0.29) is 6.71 Å². The van der Waals surface area contributed by atoms with E-state index < -0.39 is 0 Å². The minimum Gasteiger partial charge on any atom is -0.458 e. The molecule has 40 heavy (non-hydrogen) atoms. The van der Waals surface area contributed by atoms with Gasteiger partial charge >= 0.3 is 0 Å². The number of rotatable bonds is 4. The highest BCUT2D eigenvalue weighted by Crippen LogP contribution is 2.42. The van der Waals surface area contributed by atoms with Crippen LogP contribution < -0.4 is 30.8 Å². The van der Waals surface area contributed by atoms with Crippen molar-refractivity contribution in [3.05, 3.63) is 146 Å². The highest BCUT2D eigenvalue weighted by Gasteiger charge is 2.40. The number of fused-ring (bicyclic) bond motifs is 4. The second-order valence-electron chi connectivity index (χ2n) is 10.2. The quantitative estimate of drug-likeness (QED) is 0.227. The predicted molar refractivity (Wildman–Crippen MR) is 164 cm³/mol. The summed E-state index contributed by atoms with van der Waals surface area (Å²) >= 11 is 0. The molecular weight excluding hydrogens is 489 g/mol. The fourth-order valence-corrected chi connectivity index (χ4v) is 5.97. The SMILES string of the molecule is c1ccc(-c2ccc3c(c2)Oc2cc(N(c4ccccc4)c4ccccc4)cc4c2B3c2ccccc2O4)cc1. The molecule has 4 heteroatoms. The summed E-state index contributed by atoms with van der Waals surface area (Å²) in [4.78, 5) is 2.24. The number of benzene rings is 6. The van der Waals surface area contributed by atoms with Gasteiger partial charge < -0.3 is 14.4 Å². The Hall–Kier alpha value is -5.22. The summed E-state index contributed by atoms with van der Waals surface area (Å²) < 4.78 is 13.3. The van der Waals surface area contributed by atoms with E-state index in [1.54, 1.807) is 0 Å². The van der Waals surface area contributed by atoms with E-state index in [0.717, 1.165) is 62.0 Å². The second-order valence-corrected chi connectivity index (χ2v) is 10.2.